The van der Waals surface area contributed by atoms with Gasteiger partial charge in [-0.05, 0) is 120 Å². The summed E-state index contributed by atoms with van der Waals surface area (Å²) in [7, 11) is 0. The number of hydrogen-bond acceptors (Lipinski definition) is 2. The first-order chi connectivity index (χ1) is 27.7. The first kappa shape index (κ1) is 32.0. The summed E-state index contributed by atoms with van der Waals surface area (Å²) < 4.78 is 6.22. The average Bonchev–Trinajstić information content (AvgIpc) is 3.66. The molecule has 262 valence electrons. The van der Waals surface area contributed by atoms with Crippen molar-refractivity contribution in [3.05, 3.63) is 212 Å². The second kappa shape index (κ2) is 13.2. The molecule has 0 bridgehead atoms. The Morgan fingerprint density at radius 1 is 0.286 bits per heavy atom. The van der Waals surface area contributed by atoms with Gasteiger partial charge in [0, 0.05) is 27.8 Å². The smallest absolute Gasteiger partial charge is 0.136 e. The average molecular weight is 714 g/mol. The standard InChI is InChI=1S/C54H35NO/c1-2-9-36(10-3-1)37-23-29-44(30-24-37)55(46-33-27-40(28-34-46)48-14-8-16-52-54(48)49-13-6-7-15-51(49)56-52)45-31-25-38(26-32-45)43-22-19-41-18-21-42-20-17-39-11-4-5-12-47(39)53(42)50(41)35-43/h1-35H. The fraction of sp³-hybridized carbons (Fsp3) is 0. The van der Waals surface area contributed by atoms with Crippen LogP contribution in [-0.4, -0.2) is 0 Å². The minimum atomic E-state index is 0.904. The van der Waals surface area contributed by atoms with E-state index in [1.165, 1.54) is 60.1 Å². The minimum Gasteiger partial charge on any atom is -0.456 e. The molecule has 0 aliphatic rings. The lowest BCUT2D eigenvalue weighted by Gasteiger charge is -2.26. The van der Waals surface area contributed by atoms with Gasteiger partial charge in [0.05, 0.1) is 0 Å². The third kappa shape index (κ3) is 5.42. The molecule has 0 radical (unpaired) electrons. The summed E-state index contributed by atoms with van der Waals surface area (Å²) >= 11 is 0. The molecule has 11 aromatic rings. The molecule has 0 N–H and O–H groups in total. The fourth-order valence-corrected chi connectivity index (χ4v) is 8.49. The Labute approximate surface area is 325 Å². The molecule has 0 saturated carbocycles. The zero-order chi connectivity index (χ0) is 37.0. The van der Waals surface area contributed by atoms with Crippen LogP contribution in [-0.2, 0) is 0 Å². The highest BCUT2D eigenvalue weighted by molar-refractivity contribution is 6.20. The Morgan fingerprint density at radius 3 is 1.50 bits per heavy atom. The highest BCUT2D eigenvalue weighted by atomic mass is 16.3. The van der Waals surface area contributed by atoms with Crippen LogP contribution < -0.4 is 4.90 Å². The lowest BCUT2D eigenvalue weighted by atomic mass is 9.94. The summed E-state index contributed by atoms with van der Waals surface area (Å²) in [5.74, 6) is 0. The number of furan rings is 1. The summed E-state index contributed by atoms with van der Waals surface area (Å²) in [5, 5.41) is 9.94. The second-order valence-corrected chi connectivity index (χ2v) is 14.5. The molecule has 0 spiro atoms. The van der Waals surface area contributed by atoms with Crippen LogP contribution in [0.2, 0.25) is 0 Å². The zero-order valence-electron chi connectivity index (χ0n) is 30.6. The third-order valence-corrected chi connectivity index (χ3v) is 11.3. The van der Waals surface area contributed by atoms with Crippen molar-refractivity contribution in [1.29, 1.82) is 0 Å². The summed E-state index contributed by atoms with van der Waals surface area (Å²) in [5.41, 5.74) is 12.2. The van der Waals surface area contributed by atoms with Crippen molar-refractivity contribution in [3.8, 4) is 33.4 Å². The molecule has 0 aliphatic heterocycles. The van der Waals surface area contributed by atoms with E-state index in [1.807, 2.05) is 12.1 Å². The molecule has 2 heteroatoms. The molecule has 1 aromatic heterocycles. The summed E-state index contributed by atoms with van der Waals surface area (Å²) in [4.78, 5) is 2.34. The largest absolute Gasteiger partial charge is 0.456 e. The van der Waals surface area contributed by atoms with E-state index in [-0.39, 0.29) is 0 Å². The summed E-state index contributed by atoms with van der Waals surface area (Å²) in [6.07, 6.45) is 0. The lowest BCUT2D eigenvalue weighted by Crippen LogP contribution is -2.09. The van der Waals surface area contributed by atoms with Crippen molar-refractivity contribution in [3.63, 3.8) is 0 Å². The van der Waals surface area contributed by atoms with Gasteiger partial charge in [-0.3, -0.25) is 0 Å². The van der Waals surface area contributed by atoms with Gasteiger partial charge in [-0.25, -0.2) is 0 Å². The zero-order valence-corrected chi connectivity index (χ0v) is 30.6. The first-order valence-corrected chi connectivity index (χ1v) is 19.2. The Morgan fingerprint density at radius 2 is 0.786 bits per heavy atom. The maximum atomic E-state index is 6.22. The topological polar surface area (TPSA) is 16.4 Å². The third-order valence-electron chi connectivity index (χ3n) is 11.3. The predicted molar refractivity (Wildman–Crippen MR) is 237 cm³/mol. The number of para-hydroxylation sites is 1. The maximum Gasteiger partial charge on any atom is 0.136 e. The molecular weight excluding hydrogens is 679 g/mol. The lowest BCUT2D eigenvalue weighted by molar-refractivity contribution is 0.669. The number of rotatable bonds is 6. The van der Waals surface area contributed by atoms with E-state index in [4.69, 9.17) is 4.42 Å². The number of fused-ring (bicyclic) bond motifs is 8. The van der Waals surface area contributed by atoms with Crippen molar-refractivity contribution >= 4 is 71.3 Å². The van der Waals surface area contributed by atoms with E-state index in [1.54, 1.807) is 0 Å². The van der Waals surface area contributed by atoms with Gasteiger partial charge in [0.1, 0.15) is 11.2 Å². The summed E-state index contributed by atoms with van der Waals surface area (Å²) in [6, 6.07) is 76.5. The van der Waals surface area contributed by atoms with Crippen LogP contribution >= 0.6 is 0 Å². The normalized spacial score (nSPS) is 11.6. The maximum absolute atomic E-state index is 6.22. The van der Waals surface area contributed by atoms with Crippen LogP contribution in [0.5, 0.6) is 0 Å². The van der Waals surface area contributed by atoms with Crippen LogP contribution in [0.1, 0.15) is 0 Å². The molecule has 56 heavy (non-hydrogen) atoms. The Bertz CT molecular complexity index is 3210. The minimum absolute atomic E-state index is 0.904. The number of hydrogen-bond donors (Lipinski definition) is 0. The molecule has 0 unspecified atom stereocenters. The van der Waals surface area contributed by atoms with Crippen molar-refractivity contribution in [2.45, 2.75) is 0 Å². The number of benzene rings is 10. The van der Waals surface area contributed by atoms with Crippen molar-refractivity contribution in [2.75, 3.05) is 4.90 Å². The Hall–Kier alpha value is -7.42. The molecule has 11 rings (SSSR count). The number of anilines is 3. The van der Waals surface area contributed by atoms with Crippen LogP contribution in [0.3, 0.4) is 0 Å². The van der Waals surface area contributed by atoms with Crippen LogP contribution in [0, 0.1) is 0 Å². The van der Waals surface area contributed by atoms with Crippen molar-refractivity contribution in [2.24, 2.45) is 0 Å². The highest BCUT2D eigenvalue weighted by Crippen LogP contribution is 2.41. The molecule has 0 atom stereocenters. The predicted octanol–water partition coefficient (Wildman–Crippen LogP) is 15.5. The van der Waals surface area contributed by atoms with Crippen LogP contribution in [0.4, 0.5) is 17.1 Å². The first-order valence-electron chi connectivity index (χ1n) is 19.2. The van der Waals surface area contributed by atoms with Gasteiger partial charge in [0.15, 0.2) is 0 Å². The molecule has 0 fully saturated rings. The van der Waals surface area contributed by atoms with Crippen molar-refractivity contribution < 1.29 is 4.42 Å². The molecule has 1 heterocycles. The van der Waals surface area contributed by atoms with E-state index in [2.05, 4.69) is 205 Å². The monoisotopic (exact) mass is 713 g/mol. The molecule has 0 saturated heterocycles. The number of nitrogens with zero attached hydrogens (tertiary/aromatic N) is 1. The van der Waals surface area contributed by atoms with Gasteiger partial charge in [-0.1, -0.05) is 158 Å². The second-order valence-electron chi connectivity index (χ2n) is 14.5. The van der Waals surface area contributed by atoms with E-state index in [0.717, 1.165) is 44.6 Å². The fourth-order valence-electron chi connectivity index (χ4n) is 8.49. The molecular formula is C54H35NO. The van der Waals surface area contributed by atoms with Gasteiger partial charge in [-0.15, -0.1) is 0 Å². The van der Waals surface area contributed by atoms with Gasteiger partial charge in [0.2, 0.25) is 0 Å². The van der Waals surface area contributed by atoms with E-state index >= 15 is 0 Å². The molecule has 0 amide bonds. The SMILES string of the molecule is c1ccc(-c2ccc(N(c3ccc(-c4ccc5ccc6ccc7ccccc7c6c5c4)cc3)c3ccc(-c4cccc5oc6ccccc6c45)cc3)cc2)cc1. The molecule has 10 aromatic carbocycles. The highest BCUT2D eigenvalue weighted by Gasteiger charge is 2.16. The van der Waals surface area contributed by atoms with E-state index in [0.29, 0.717) is 0 Å². The quantitative estimate of drug-likeness (QED) is 0.160. The van der Waals surface area contributed by atoms with Gasteiger partial charge in [0.25, 0.3) is 0 Å². The molecule has 0 aliphatic carbocycles. The van der Waals surface area contributed by atoms with Gasteiger partial charge >= 0.3 is 0 Å². The Kier molecular flexibility index (Phi) is 7.53. The van der Waals surface area contributed by atoms with E-state index in [9.17, 15) is 0 Å². The van der Waals surface area contributed by atoms with Gasteiger partial charge in [-0.2, -0.15) is 0 Å². The van der Waals surface area contributed by atoms with Gasteiger partial charge < -0.3 is 9.32 Å². The van der Waals surface area contributed by atoms with Crippen LogP contribution in [0.25, 0.3) is 87.6 Å². The van der Waals surface area contributed by atoms with E-state index < -0.39 is 0 Å². The Balaban J connectivity index is 0.999. The summed E-state index contributed by atoms with van der Waals surface area (Å²) in [6.45, 7) is 0. The van der Waals surface area contributed by atoms with Crippen molar-refractivity contribution in [1.82, 2.24) is 0 Å². The van der Waals surface area contributed by atoms with Crippen LogP contribution in [0.15, 0.2) is 217 Å². The molecule has 2 nitrogen and oxygen atoms in total.